The van der Waals surface area contributed by atoms with Crippen LogP contribution >= 0.6 is 11.6 Å². The molecule has 0 atom stereocenters. The number of esters is 2. The fourth-order valence-electron chi connectivity index (χ4n) is 1.65. The molecule has 23 heavy (non-hydrogen) atoms. The standard InChI is InChI=1S/C17H23ClO5/c1-13(2)12-23-17(20)9-5-8-16(19)22-11-10-21-15-7-4-3-6-14(15)18/h3-4,6-7,13H,5,8-12H2,1-2H3. The first-order chi connectivity index (χ1) is 11.0. The molecular weight excluding hydrogens is 320 g/mol. The molecule has 0 aliphatic rings. The van der Waals surface area contributed by atoms with E-state index < -0.39 is 0 Å². The van der Waals surface area contributed by atoms with Crippen molar-refractivity contribution in [2.24, 2.45) is 5.92 Å². The van der Waals surface area contributed by atoms with Gasteiger partial charge in [0.25, 0.3) is 0 Å². The largest absolute Gasteiger partial charge is 0.488 e. The lowest BCUT2D eigenvalue weighted by Crippen LogP contribution is -2.13. The monoisotopic (exact) mass is 342 g/mol. The third-order valence-electron chi connectivity index (χ3n) is 2.78. The summed E-state index contributed by atoms with van der Waals surface area (Å²) in [5.41, 5.74) is 0. The summed E-state index contributed by atoms with van der Waals surface area (Å²) in [7, 11) is 0. The Kier molecular flexibility index (Phi) is 9.14. The van der Waals surface area contributed by atoms with Crippen molar-refractivity contribution in [2.45, 2.75) is 33.1 Å². The lowest BCUT2D eigenvalue weighted by molar-refractivity contribution is -0.146. The molecule has 1 aromatic carbocycles. The predicted molar refractivity (Wildman–Crippen MR) is 87.6 cm³/mol. The third kappa shape index (κ3) is 9.08. The molecule has 0 spiro atoms. The number of ether oxygens (including phenoxy) is 3. The normalized spacial score (nSPS) is 10.4. The Morgan fingerprint density at radius 1 is 1.04 bits per heavy atom. The second-order valence-corrected chi connectivity index (χ2v) is 5.84. The van der Waals surface area contributed by atoms with Gasteiger partial charge >= 0.3 is 11.9 Å². The van der Waals surface area contributed by atoms with Gasteiger partial charge in [-0.25, -0.2) is 0 Å². The van der Waals surface area contributed by atoms with E-state index >= 15 is 0 Å². The maximum Gasteiger partial charge on any atom is 0.305 e. The maximum absolute atomic E-state index is 11.5. The van der Waals surface area contributed by atoms with E-state index in [4.69, 9.17) is 25.8 Å². The van der Waals surface area contributed by atoms with Crippen molar-refractivity contribution >= 4 is 23.5 Å². The van der Waals surface area contributed by atoms with Gasteiger partial charge in [-0.05, 0) is 24.5 Å². The van der Waals surface area contributed by atoms with Crippen molar-refractivity contribution in [1.29, 1.82) is 0 Å². The molecule has 0 aliphatic carbocycles. The summed E-state index contributed by atoms with van der Waals surface area (Å²) >= 11 is 5.93. The van der Waals surface area contributed by atoms with Crippen LogP contribution in [0.4, 0.5) is 0 Å². The molecule has 128 valence electrons. The summed E-state index contributed by atoms with van der Waals surface area (Å²) in [5, 5.41) is 0.513. The zero-order chi connectivity index (χ0) is 17.1. The topological polar surface area (TPSA) is 61.8 Å². The van der Waals surface area contributed by atoms with Crippen LogP contribution in [0.2, 0.25) is 5.02 Å². The highest BCUT2D eigenvalue weighted by atomic mass is 35.5. The number of benzene rings is 1. The fourth-order valence-corrected chi connectivity index (χ4v) is 1.84. The molecule has 1 rings (SSSR count). The molecule has 0 saturated carbocycles. The third-order valence-corrected chi connectivity index (χ3v) is 3.09. The van der Waals surface area contributed by atoms with Crippen LogP contribution in [0.5, 0.6) is 5.75 Å². The van der Waals surface area contributed by atoms with Crippen molar-refractivity contribution in [3.63, 3.8) is 0 Å². The van der Waals surface area contributed by atoms with Gasteiger partial charge < -0.3 is 14.2 Å². The van der Waals surface area contributed by atoms with Gasteiger partial charge in [0.15, 0.2) is 0 Å². The Morgan fingerprint density at radius 3 is 2.35 bits per heavy atom. The van der Waals surface area contributed by atoms with Gasteiger partial charge in [-0.15, -0.1) is 0 Å². The van der Waals surface area contributed by atoms with Crippen LogP contribution in [-0.4, -0.2) is 31.8 Å². The molecule has 0 bridgehead atoms. The number of rotatable bonds is 10. The van der Waals surface area contributed by atoms with Gasteiger partial charge in [-0.3, -0.25) is 9.59 Å². The lowest BCUT2D eigenvalue weighted by atomic mass is 10.2. The van der Waals surface area contributed by atoms with Crippen molar-refractivity contribution < 1.29 is 23.8 Å². The van der Waals surface area contributed by atoms with E-state index in [1.54, 1.807) is 18.2 Å². The number of hydrogen-bond donors (Lipinski definition) is 0. The van der Waals surface area contributed by atoms with E-state index in [9.17, 15) is 9.59 Å². The molecule has 0 heterocycles. The highest BCUT2D eigenvalue weighted by Crippen LogP contribution is 2.22. The van der Waals surface area contributed by atoms with Crippen molar-refractivity contribution in [3.05, 3.63) is 29.3 Å². The van der Waals surface area contributed by atoms with Crippen LogP contribution in [0.3, 0.4) is 0 Å². The number of para-hydroxylation sites is 1. The van der Waals surface area contributed by atoms with Gasteiger partial charge in [-0.2, -0.15) is 0 Å². The van der Waals surface area contributed by atoms with E-state index in [-0.39, 0.29) is 38.0 Å². The van der Waals surface area contributed by atoms with Gasteiger partial charge in [0.05, 0.1) is 11.6 Å². The lowest BCUT2D eigenvalue weighted by Gasteiger charge is -2.09. The second-order valence-electron chi connectivity index (χ2n) is 5.43. The summed E-state index contributed by atoms with van der Waals surface area (Å²) in [4.78, 5) is 22.9. The molecule has 0 fully saturated rings. The summed E-state index contributed by atoms with van der Waals surface area (Å²) in [6.45, 7) is 4.71. The van der Waals surface area contributed by atoms with Gasteiger partial charge in [0.1, 0.15) is 19.0 Å². The highest BCUT2D eigenvalue weighted by molar-refractivity contribution is 6.32. The van der Waals surface area contributed by atoms with Gasteiger partial charge in [0, 0.05) is 12.8 Å². The van der Waals surface area contributed by atoms with Gasteiger partial charge in [0.2, 0.25) is 0 Å². The molecule has 0 aromatic heterocycles. The average Bonchev–Trinajstić information content (AvgIpc) is 2.51. The van der Waals surface area contributed by atoms with Crippen LogP contribution in [-0.2, 0) is 19.1 Å². The second kappa shape index (κ2) is 10.9. The quantitative estimate of drug-likeness (QED) is 0.480. The molecule has 0 unspecified atom stereocenters. The average molecular weight is 343 g/mol. The smallest absolute Gasteiger partial charge is 0.305 e. The minimum absolute atomic E-state index is 0.141. The van der Waals surface area contributed by atoms with E-state index in [0.717, 1.165) is 0 Å². The maximum atomic E-state index is 11.5. The minimum Gasteiger partial charge on any atom is -0.488 e. The fraction of sp³-hybridized carbons (Fsp3) is 0.529. The SMILES string of the molecule is CC(C)COC(=O)CCCC(=O)OCCOc1ccccc1Cl. The molecule has 0 radical (unpaired) electrons. The molecule has 6 heteroatoms. The highest BCUT2D eigenvalue weighted by Gasteiger charge is 2.08. The zero-order valence-electron chi connectivity index (χ0n) is 13.5. The molecular formula is C17H23ClO5. The van der Waals surface area contributed by atoms with E-state index in [1.165, 1.54) is 0 Å². The van der Waals surface area contributed by atoms with Crippen molar-refractivity contribution in [2.75, 3.05) is 19.8 Å². The Morgan fingerprint density at radius 2 is 1.70 bits per heavy atom. The summed E-state index contributed by atoms with van der Waals surface area (Å²) in [6.07, 6.45) is 0.821. The van der Waals surface area contributed by atoms with Crippen LogP contribution in [0, 0.1) is 5.92 Å². The van der Waals surface area contributed by atoms with Crippen LogP contribution in [0.15, 0.2) is 24.3 Å². The predicted octanol–water partition coefficient (Wildman–Crippen LogP) is 3.63. The zero-order valence-corrected chi connectivity index (χ0v) is 14.3. The molecule has 0 N–H and O–H groups in total. The number of carbonyl (C=O) groups excluding carboxylic acids is 2. The van der Waals surface area contributed by atoms with Gasteiger partial charge in [-0.1, -0.05) is 37.6 Å². The molecule has 0 aliphatic heterocycles. The first-order valence-electron chi connectivity index (χ1n) is 7.67. The Hall–Kier alpha value is -1.75. The first-order valence-corrected chi connectivity index (χ1v) is 8.05. The van der Waals surface area contributed by atoms with E-state index in [2.05, 4.69) is 0 Å². The summed E-state index contributed by atoms with van der Waals surface area (Å²) < 4.78 is 15.4. The molecule has 5 nitrogen and oxygen atoms in total. The van der Waals surface area contributed by atoms with Crippen LogP contribution in [0.1, 0.15) is 33.1 Å². The van der Waals surface area contributed by atoms with Crippen LogP contribution < -0.4 is 4.74 Å². The number of carbonyl (C=O) groups is 2. The Balaban J connectivity index is 2.06. The Bertz CT molecular complexity index is 502. The molecule has 0 saturated heterocycles. The first kappa shape index (κ1) is 19.3. The van der Waals surface area contributed by atoms with Crippen molar-refractivity contribution in [1.82, 2.24) is 0 Å². The summed E-state index contributed by atoms with van der Waals surface area (Å²) in [6, 6.07) is 7.08. The van der Waals surface area contributed by atoms with E-state index in [0.29, 0.717) is 29.7 Å². The minimum atomic E-state index is -0.357. The number of halogens is 1. The van der Waals surface area contributed by atoms with Crippen LogP contribution in [0.25, 0.3) is 0 Å². The van der Waals surface area contributed by atoms with Crippen molar-refractivity contribution in [3.8, 4) is 5.75 Å². The molecule has 0 amide bonds. The number of hydrogen-bond acceptors (Lipinski definition) is 5. The summed E-state index contributed by atoms with van der Waals surface area (Å²) in [5.74, 6) is 0.220. The van der Waals surface area contributed by atoms with E-state index in [1.807, 2.05) is 19.9 Å². The molecule has 1 aromatic rings. The Labute approximate surface area is 141 Å².